The number of hydrogen-bond donors (Lipinski definition) is 8. The van der Waals surface area contributed by atoms with Crippen molar-refractivity contribution >= 4 is 17.8 Å². The number of carbonyl (C=O) groups excluding carboxylic acids is 3. The van der Waals surface area contributed by atoms with Crippen LogP contribution < -0.4 is 10.6 Å². The number of esters is 1. The van der Waals surface area contributed by atoms with Gasteiger partial charge in [-0.25, -0.2) is 0 Å². The predicted octanol–water partition coefficient (Wildman–Crippen LogP) is 0.0916. The van der Waals surface area contributed by atoms with E-state index < -0.39 is 137 Å². The van der Waals surface area contributed by atoms with Gasteiger partial charge < -0.3 is 83.9 Å². The molecule has 370 valence electrons. The second kappa shape index (κ2) is 27.3. The van der Waals surface area contributed by atoms with Gasteiger partial charge in [0.1, 0.15) is 73.1 Å². The van der Waals surface area contributed by atoms with E-state index in [0.29, 0.717) is 30.4 Å². The monoisotopic (exact) mass is 938 g/mol. The van der Waals surface area contributed by atoms with Crippen molar-refractivity contribution in [2.75, 3.05) is 33.5 Å². The van der Waals surface area contributed by atoms with Gasteiger partial charge in [-0.3, -0.25) is 14.4 Å². The Hall–Kier alpha value is -3.71. The quantitative estimate of drug-likeness (QED) is 0.0484. The van der Waals surface area contributed by atoms with Crippen molar-refractivity contribution in [1.82, 2.24) is 10.6 Å². The number of aliphatic hydroxyl groups is 6. The molecule has 3 heterocycles. The average molecular weight is 939 g/mol. The van der Waals surface area contributed by atoms with Crippen molar-refractivity contribution < 1.29 is 90.4 Å². The maximum Gasteiger partial charge on any atom is 0.305 e. The highest BCUT2D eigenvalue weighted by Crippen LogP contribution is 2.35. The third-order valence-electron chi connectivity index (χ3n) is 11.4. The first kappa shape index (κ1) is 50.2. The molecule has 0 radical (unpaired) electrons. The SMILES string of the molecule is [2H]C(O[C@H]1[C@H](O[C@@H]2O[C@H](CO)[C@@H](O)[C@H](O)[C@H]2NC(C)=O)[C@H](OC([2H])c2ccccc2)C(OCCCCCCCCC(=O)OC)O[C@@H]1CO[C@@H]1O[C@H](CO)[C@@H](O)[C@H](O)[C@H]1NC(C)=O)c1ccccc1. The topological polar surface area (TPSA) is 280 Å². The van der Waals surface area contributed by atoms with E-state index in [2.05, 4.69) is 10.6 Å². The van der Waals surface area contributed by atoms with Gasteiger partial charge in [0, 0.05) is 26.9 Å². The summed E-state index contributed by atoms with van der Waals surface area (Å²) in [6.07, 6.45) is -15.1. The molecule has 3 saturated heterocycles. The van der Waals surface area contributed by atoms with Crippen molar-refractivity contribution in [2.24, 2.45) is 0 Å². The van der Waals surface area contributed by atoms with Gasteiger partial charge in [-0.05, 0) is 24.0 Å². The number of amides is 2. The Balaban J connectivity index is 1.55. The highest BCUT2D eigenvalue weighted by Gasteiger charge is 2.54. The van der Waals surface area contributed by atoms with E-state index in [4.69, 9.17) is 42.6 Å². The summed E-state index contributed by atoms with van der Waals surface area (Å²) in [4.78, 5) is 36.4. The first-order valence-corrected chi connectivity index (χ1v) is 22.3. The van der Waals surface area contributed by atoms with Crippen molar-refractivity contribution in [3.05, 3.63) is 71.8 Å². The number of benzene rings is 2. The number of unbranched alkanes of at least 4 members (excludes halogenated alkanes) is 5. The molecule has 66 heavy (non-hydrogen) atoms. The molecular formula is C46H68N2O18. The number of aliphatic hydroxyl groups excluding tert-OH is 6. The van der Waals surface area contributed by atoms with Gasteiger partial charge in [0.25, 0.3) is 0 Å². The fourth-order valence-electron chi connectivity index (χ4n) is 7.91. The molecule has 0 bridgehead atoms. The second-order valence-electron chi connectivity index (χ2n) is 16.4. The molecule has 3 unspecified atom stereocenters. The van der Waals surface area contributed by atoms with Crippen LogP contribution in [0.2, 0.25) is 0 Å². The van der Waals surface area contributed by atoms with Gasteiger partial charge in [0.05, 0.1) is 42.8 Å². The van der Waals surface area contributed by atoms with Gasteiger partial charge in [0.2, 0.25) is 11.8 Å². The van der Waals surface area contributed by atoms with E-state index in [0.717, 1.165) is 25.7 Å². The maximum absolute atomic E-state index is 12.6. The smallest absolute Gasteiger partial charge is 0.305 e. The first-order valence-electron chi connectivity index (χ1n) is 23.5. The van der Waals surface area contributed by atoms with Crippen LogP contribution in [0, 0.1) is 0 Å². The zero-order valence-electron chi connectivity index (χ0n) is 39.4. The summed E-state index contributed by atoms with van der Waals surface area (Å²) in [5.74, 6) is -1.50. The van der Waals surface area contributed by atoms with Crippen LogP contribution in [0.3, 0.4) is 0 Å². The summed E-state index contributed by atoms with van der Waals surface area (Å²) in [6.45, 7) is -2.47. The Kier molecular flexibility index (Phi) is 20.8. The third-order valence-corrected chi connectivity index (χ3v) is 11.4. The molecule has 17 atom stereocenters. The van der Waals surface area contributed by atoms with E-state index in [1.54, 1.807) is 60.7 Å². The predicted molar refractivity (Wildman–Crippen MR) is 231 cm³/mol. The van der Waals surface area contributed by atoms with Crippen LogP contribution in [0.5, 0.6) is 0 Å². The largest absolute Gasteiger partial charge is 0.469 e. The van der Waals surface area contributed by atoms with Crippen molar-refractivity contribution in [3.63, 3.8) is 0 Å². The Bertz CT molecular complexity index is 1810. The van der Waals surface area contributed by atoms with Crippen LogP contribution in [0.25, 0.3) is 0 Å². The summed E-state index contributed by atoms with van der Waals surface area (Å²) < 4.78 is 74.0. The Morgan fingerprint density at radius 3 is 1.61 bits per heavy atom. The van der Waals surface area contributed by atoms with Crippen molar-refractivity contribution in [2.45, 2.75) is 164 Å². The molecule has 0 saturated carbocycles. The van der Waals surface area contributed by atoms with E-state index in [9.17, 15) is 47.8 Å². The second-order valence-corrected chi connectivity index (χ2v) is 16.4. The zero-order chi connectivity index (χ0) is 49.3. The lowest BCUT2D eigenvalue weighted by molar-refractivity contribution is -0.364. The molecule has 0 aliphatic carbocycles. The van der Waals surface area contributed by atoms with Gasteiger partial charge in [-0.2, -0.15) is 0 Å². The number of ether oxygens (including phenoxy) is 9. The molecule has 5 rings (SSSR count). The van der Waals surface area contributed by atoms with Gasteiger partial charge in [0.15, 0.2) is 18.9 Å². The van der Waals surface area contributed by atoms with Gasteiger partial charge >= 0.3 is 5.97 Å². The minimum atomic E-state index is -1.74. The van der Waals surface area contributed by atoms with E-state index in [-0.39, 0.29) is 12.6 Å². The maximum atomic E-state index is 12.6. The third kappa shape index (κ3) is 15.4. The summed E-state index contributed by atoms with van der Waals surface area (Å²) in [5, 5.41) is 69.3. The number of nitrogens with one attached hydrogen (secondary N) is 2. The first-order chi connectivity index (χ1) is 32.7. The fourth-order valence-corrected chi connectivity index (χ4v) is 7.91. The summed E-state index contributed by atoms with van der Waals surface area (Å²) in [6, 6.07) is 14.1. The number of rotatable bonds is 25. The van der Waals surface area contributed by atoms with Gasteiger partial charge in [-0.1, -0.05) is 86.3 Å². The van der Waals surface area contributed by atoms with Crippen LogP contribution in [-0.4, -0.2) is 174 Å². The van der Waals surface area contributed by atoms with E-state index in [1.807, 2.05) is 0 Å². The molecule has 3 fully saturated rings. The molecule has 8 N–H and O–H groups in total. The Morgan fingerprint density at radius 2 is 1.08 bits per heavy atom. The Morgan fingerprint density at radius 1 is 0.591 bits per heavy atom. The minimum absolute atomic E-state index is 0.0855. The molecule has 2 aromatic carbocycles. The normalized spacial score (nSPS) is 33.7. The van der Waals surface area contributed by atoms with E-state index in [1.165, 1.54) is 21.0 Å². The summed E-state index contributed by atoms with van der Waals surface area (Å²) >= 11 is 0. The highest BCUT2D eigenvalue weighted by atomic mass is 16.8. The number of hydrogen-bond acceptors (Lipinski definition) is 18. The lowest BCUT2D eigenvalue weighted by Gasteiger charge is -2.49. The lowest BCUT2D eigenvalue weighted by atomic mass is 9.95. The molecule has 0 spiro atoms. The van der Waals surface area contributed by atoms with Crippen molar-refractivity contribution in [1.29, 1.82) is 0 Å². The number of carbonyl (C=O) groups is 3. The van der Waals surface area contributed by atoms with Crippen molar-refractivity contribution in [3.8, 4) is 0 Å². The molecule has 2 amide bonds. The van der Waals surface area contributed by atoms with E-state index >= 15 is 0 Å². The lowest BCUT2D eigenvalue weighted by Crippen LogP contribution is -2.68. The molecule has 3 aliphatic rings. The summed E-state index contributed by atoms with van der Waals surface area (Å²) in [7, 11) is 1.35. The molecule has 3 aliphatic heterocycles. The zero-order valence-corrected chi connectivity index (χ0v) is 37.4. The van der Waals surface area contributed by atoms with Crippen LogP contribution in [0.1, 0.15) is 72.7 Å². The fraction of sp³-hybridized carbons (Fsp3) is 0.674. The molecular weight excluding hydrogens is 869 g/mol. The van der Waals surface area contributed by atoms with Crippen LogP contribution in [-0.2, 0) is 70.2 Å². The molecule has 0 aromatic heterocycles. The van der Waals surface area contributed by atoms with Crippen LogP contribution in [0.4, 0.5) is 0 Å². The minimum Gasteiger partial charge on any atom is -0.469 e. The highest BCUT2D eigenvalue weighted by molar-refractivity contribution is 5.73. The number of methoxy groups -OCH3 is 1. The van der Waals surface area contributed by atoms with Gasteiger partial charge in [-0.15, -0.1) is 0 Å². The Labute approximate surface area is 387 Å². The van der Waals surface area contributed by atoms with Crippen LogP contribution in [0.15, 0.2) is 60.7 Å². The van der Waals surface area contributed by atoms with Crippen LogP contribution >= 0.6 is 0 Å². The molecule has 2 aromatic rings. The molecule has 20 heteroatoms. The molecule has 20 nitrogen and oxygen atoms in total. The standard InChI is InChI=1S/C46H68N2O18/c1-27(51)47-35-39(56)37(54)31(22-49)63-44(35)62-26-33-41(60-24-29-16-10-8-11-17-29)42(66-45-36(48-28(2)52)40(57)38(55)32(23-50)64-45)43(61-25-30-18-12-9-13-19-30)46(65-33)59-21-15-7-5-4-6-14-20-34(53)58-3/h8-13,16-19,31-33,35-46,49-50,54-57H,4-7,14-15,20-26H2,1-3H3,(H,47,51)(H,48,52)/t31-,32-,33-,35-,36-,37-,38-,39-,40-,41-,42+,43+,44-,45+,46?/m1/s1/i24D,25D/t24?,25?,31-,32-,33-,35-,36-,37-,38-,39-,40-,41-,42+,43+,44-,45+,46?. The average Bonchev–Trinajstić information content (AvgIpc) is 3.33. The summed E-state index contributed by atoms with van der Waals surface area (Å²) in [5.41, 5.74) is 0.812.